The number of aromatic nitrogens is 2. The molecule has 0 saturated carbocycles. The second-order valence-corrected chi connectivity index (χ2v) is 4.03. The van der Waals surface area contributed by atoms with Gasteiger partial charge < -0.3 is 5.32 Å². The minimum absolute atomic E-state index is 0.734. The molecule has 1 N–H and O–H groups in total. The van der Waals surface area contributed by atoms with Crippen molar-refractivity contribution >= 4 is 0 Å². The summed E-state index contributed by atoms with van der Waals surface area (Å²) in [6, 6.07) is 0.734. The molecule has 1 saturated heterocycles. The van der Waals surface area contributed by atoms with Crippen LogP contribution in [0.15, 0.2) is 12.5 Å². The van der Waals surface area contributed by atoms with E-state index in [2.05, 4.69) is 20.2 Å². The first-order valence-electron chi connectivity index (χ1n) is 5.16. The van der Waals surface area contributed by atoms with E-state index in [1.165, 1.54) is 11.3 Å². The Morgan fingerprint density at radius 3 is 3.14 bits per heavy atom. The predicted molar refractivity (Wildman–Crippen MR) is 52.8 cm³/mol. The van der Waals surface area contributed by atoms with Crippen molar-refractivity contribution in [2.24, 2.45) is 0 Å². The Kier molecular flexibility index (Phi) is 1.96. The van der Waals surface area contributed by atoms with Gasteiger partial charge in [0.1, 0.15) is 6.33 Å². The van der Waals surface area contributed by atoms with Crippen LogP contribution in [0.4, 0.5) is 0 Å². The number of hydrogen-bond donors (Lipinski definition) is 1. The summed E-state index contributed by atoms with van der Waals surface area (Å²) in [4.78, 5) is 10.9. The second kappa shape index (κ2) is 3.29. The van der Waals surface area contributed by atoms with Crippen LogP contribution in [0, 0.1) is 0 Å². The monoisotopic (exact) mass is 190 g/mol. The van der Waals surface area contributed by atoms with Crippen molar-refractivity contribution in [3.05, 3.63) is 23.8 Å². The van der Waals surface area contributed by atoms with Gasteiger partial charge in [0.05, 0.1) is 5.69 Å². The lowest BCUT2D eigenvalue weighted by Gasteiger charge is -2.40. The number of fused-ring (bicyclic) bond motifs is 1. The van der Waals surface area contributed by atoms with E-state index in [9.17, 15) is 0 Å². The van der Waals surface area contributed by atoms with Gasteiger partial charge in [0.25, 0.3) is 0 Å². The van der Waals surface area contributed by atoms with E-state index < -0.39 is 0 Å². The van der Waals surface area contributed by atoms with Gasteiger partial charge in [-0.2, -0.15) is 0 Å². The van der Waals surface area contributed by atoms with E-state index in [1.807, 2.05) is 6.20 Å². The van der Waals surface area contributed by atoms with E-state index >= 15 is 0 Å². The zero-order chi connectivity index (χ0) is 9.38. The van der Waals surface area contributed by atoms with Crippen LogP contribution in [-0.4, -0.2) is 40.5 Å². The third kappa shape index (κ3) is 1.31. The van der Waals surface area contributed by atoms with Crippen LogP contribution in [-0.2, 0) is 13.0 Å². The molecule has 0 unspecified atom stereocenters. The number of rotatable bonds is 1. The summed E-state index contributed by atoms with van der Waals surface area (Å²) < 4.78 is 0. The molecule has 4 heteroatoms. The summed E-state index contributed by atoms with van der Waals surface area (Å²) in [7, 11) is 0. The minimum Gasteiger partial charge on any atom is -0.314 e. The van der Waals surface area contributed by atoms with Gasteiger partial charge in [0.15, 0.2) is 0 Å². The standard InChI is InChI=1S/C10H14N4/c1-2-14(9-4-11-5-9)6-10-8(1)3-12-7-13-10/h3,7,9,11H,1-2,4-6H2. The minimum atomic E-state index is 0.734. The number of nitrogens with one attached hydrogen (secondary N) is 1. The Hall–Kier alpha value is -1.00. The van der Waals surface area contributed by atoms with Crippen molar-refractivity contribution in [2.45, 2.75) is 19.0 Å². The van der Waals surface area contributed by atoms with Gasteiger partial charge in [-0.15, -0.1) is 0 Å². The van der Waals surface area contributed by atoms with Gasteiger partial charge in [0.2, 0.25) is 0 Å². The maximum atomic E-state index is 4.34. The van der Waals surface area contributed by atoms with Crippen molar-refractivity contribution in [2.75, 3.05) is 19.6 Å². The average Bonchev–Trinajstić information content (AvgIpc) is 2.15. The Morgan fingerprint density at radius 2 is 2.36 bits per heavy atom. The highest BCUT2D eigenvalue weighted by molar-refractivity contribution is 5.19. The van der Waals surface area contributed by atoms with Crippen LogP contribution >= 0.6 is 0 Å². The molecule has 1 aromatic heterocycles. The fourth-order valence-electron chi connectivity index (χ4n) is 2.11. The third-order valence-corrected chi connectivity index (χ3v) is 3.18. The van der Waals surface area contributed by atoms with Gasteiger partial charge in [-0.3, -0.25) is 4.90 Å². The highest BCUT2D eigenvalue weighted by Crippen LogP contribution is 2.18. The molecule has 4 nitrogen and oxygen atoms in total. The van der Waals surface area contributed by atoms with Crippen molar-refractivity contribution in [1.82, 2.24) is 20.2 Å². The van der Waals surface area contributed by atoms with E-state index in [4.69, 9.17) is 0 Å². The maximum Gasteiger partial charge on any atom is 0.115 e. The third-order valence-electron chi connectivity index (χ3n) is 3.18. The van der Waals surface area contributed by atoms with Gasteiger partial charge >= 0.3 is 0 Å². The quantitative estimate of drug-likeness (QED) is 0.666. The highest BCUT2D eigenvalue weighted by Gasteiger charge is 2.27. The van der Waals surface area contributed by atoms with Crippen LogP contribution in [0.3, 0.4) is 0 Å². The maximum absolute atomic E-state index is 4.34. The average molecular weight is 190 g/mol. The molecule has 0 atom stereocenters. The van der Waals surface area contributed by atoms with E-state index in [-0.39, 0.29) is 0 Å². The summed E-state index contributed by atoms with van der Waals surface area (Å²) in [5.41, 5.74) is 2.55. The number of hydrogen-bond acceptors (Lipinski definition) is 4. The van der Waals surface area contributed by atoms with Crippen molar-refractivity contribution in [1.29, 1.82) is 0 Å². The molecule has 2 aliphatic rings. The summed E-state index contributed by atoms with van der Waals surface area (Å²) in [5, 5.41) is 3.31. The predicted octanol–water partition coefficient (Wildman–Crippen LogP) is -0.194. The summed E-state index contributed by atoms with van der Waals surface area (Å²) in [6.07, 6.45) is 4.72. The van der Waals surface area contributed by atoms with Crippen molar-refractivity contribution in [3.63, 3.8) is 0 Å². The van der Waals surface area contributed by atoms with Gasteiger partial charge in [0, 0.05) is 38.4 Å². The Labute approximate surface area is 83.4 Å². The largest absolute Gasteiger partial charge is 0.314 e. The SMILES string of the molecule is c1ncc2c(n1)CN(C1CNC1)CC2. The molecule has 14 heavy (non-hydrogen) atoms. The second-order valence-electron chi connectivity index (χ2n) is 4.03. The molecule has 74 valence electrons. The Balaban J connectivity index is 1.79. The molecule has 0 aromatic carbocycles. The number of nitrogens with zero attached hydrogens (tertiary/aromatic N) is 3. The molecular formula is C10H14N4. The molecule has 2 aliphatic heterocycles. The molecule has 0 aliphatic carbocycles. The van der Waals surface area contributed by atoms with Gasteiger partial charge in [-0.25, -0.2) is 9.97 Å². The zero-order valence-corrected chi connectivity index (χ0v) is 8.11. The van der Waals surface area contributed by atoms with Crippen LogP contribution in [0.1, 0.15) is 11.3 Å². The zero-order valence-electron chi connectivity index (χ0n) is 8.11. The molecule has 0 spiro atoms. The van der Waals surface area contributed by atoms with E-state index in [0.717, 1.165) is 38.6 Å². The molecule has 1 aromatic rings. The van der Waals surface area contributed by atoms with E-state index in [0.29, 0.717) is 0 Å². The van der Waals surface area contributed by atoms with Crippen LogP contribution in [0.2, 0.25) is 0 Å². The molecule has 0 bridgehead atoms. The highest BCUT2D eigenvalue weighted by atomic mass is 15.2. The molecule has 3 heterocycles. The lowest BCUT2D eigenvalue weighted by atomic mass is 10.0. The molecule has 0 radical (unpaired) electrons. The first kappa shape index (κ1) is 8.32. The Morgan fingerprint density at radius 1 is 1.43 bits per heavy atom. The lowest BCUT2D eigenvalue weighted by Crippen LogP contribution is -2.58. The van der Waals surface area contributed by atoms with Crippen molar-refractivity contribution < 1.29 is 0 Å². The van der Waals surface area contributed by atoms with Gasteiger partial charge in [-0.1, -0.05) is 0 Å². The van der Waals surface area contributed by atoms with E-state index in [1.54, 1.807) is 6.33 Å². The fraction of sp³-hybridized carbons (Fsp3) is 0.600. The molecule has 0 amide bonds. The van der Waals surface area contributed by atoms with Crippen LogP contribution in [0.5, 0.6) is 0 Å². The summed E-state index contributed by atoms with van der Waals surface area (Å²) >= 11 is 0. The topological polar surface area (TPSA) is 41.1 Å². The normalized spacial score (nSPS) is 22.9. The smallest absolute Gasteiger partial charge is 0.115 e. The lowest BCUT2D eigenvalue weighted by molar-refractivity contribution is 0.129. The summed E-state index contributed by atoms with van der Waals surface area (Å²) in [6.45, 7) is 4.44. The first-order chi connectivity index (χ1) is 6.93. The van der Waals surface area contributed by atoms with Crippen LogP contribution < -0.4 is 5.32 Å². The van der Waals surface area contributed by atoms with Crippen LogP contribution in [0.25, 0.3) is 0 Å². The molecular weight excluding hydrogens is 176 g/mol. The fourth-order valence-corrected chi connectivity index (χ4v) is 2.11. The summed E-state index contributed by atoms with van der Waals surface area (Å²) in [5.74, 6) is 0. The van der Waals surface area contributed by atoms with Gasteiger partial charge in [-0.05, 0) is 12.0 Å². The molecule has 1 fully saturated rings. The Bertz CT molecular complexity index is 335. The van der Waals surface area contributed by atoms with Crippen molar-refractivity contribution in [3.8, 4) is 0 Å². The molecule has 3 rings (SSSR count). The first-order valence-corrected chi connectivity index (χ1v) is 5.16.